The fraction of sp³-hybridized carbons (Fsp3) is 0. The van der Waals surface area contributed by atoms with Crippen molar-refractivity contribution < 1.29 is 32.3 Å². The quantitative estimate of drug-likeness (QED) is 0.638. The molecule has 85 valence electrons. The summed E-state index contributed by atoms with van der Waals surface area (Å²) in [6.07, 6.45) is 6.27. The van der Waals surface area contributed by atoms with Gasteiger partial charge in [-0.25, -0.2) is 4.99 Å². The Balaban J connectivity index is 0.00000128. The molecule has 1 aliphatic rings. The smallest absolute Gasteiger partial charge is 0.178 e. The fourth-order valence-corrected chi connectivity index (χ4v) is 1.20. The number of hydrogen-bond acceptors (Lipinski definition) is 3. The maximum absolute atomic E-state index is 10.8. The van der Waals surface area contributed by atoms with E-state index >= 15 is 0 Å². The van der Waals surface area contributed by atoms with Crippen LogP contribution in [-0.2, 0) is 27.2 Å². The van der Waals surface area contributed by atoms with E-state index in [4.69, 9.17) is 5.11 Å². The molecule has 0 saturated heterocycles. The Morgan fingerprint density at radius 3 is 2.06 bits per heavy atom. The van der Waals surface area contributed by atoms with Gasteiger partial charge in [0.15, 0.2) is 5.78 Å². The van der Waals surface area contributed by atoms with Crippen molar-refractivity contribution in [2.75, 3.05) is 0 Å². The van der Waals surface area contributed by atoms with Gasteiger partial charge in [0.25, 0.3) is 0 Å². The Kier molecular flexibility index (Phi) is 4.43. The van der Waals surface area contributed by atoms with E-state index in [1.807, 2.05) is 0 Å². The van der Waals surface area contributed by atoms with Gasteiger partial charge in [-0.15, -0.1) is 0 Å². The van der Waals surface area contributed by atoms with Gasteiger partial charge in [-0.3, -0.25) is 4.79 Å². The van der Waals surface area contributed by atoms with E-state index in [-0.39, 0.29) is 33.9 Å². The van der Waals surface area contributed by atoms with E-state index in [1.165, 1.54) is 12.2 Å². The molecule has 1 radical (unpaired) electrons. The van der Waals surface area contributed by atoms with Crippen molar-refractivity contribution in [2.24, 2.45) is 4.99 Å². The third-order valence-corrected chi connectivity index (χ3v) is 1.94. The summed E-state index contributed by atoms with van der Waals surface area (Å²) in [5.41, 5.74) is 1.46. The summed E-state index contributed by atoms with van der Waals surface area (Å²) in [6.45, 7) is 0. The summed E-state index contributed by atoms with van der Waals surface area (Å²) in [5.74, 6) is 0.184. The molecule has 1 aromatic carbocycles. The Morgan fingerprint density at radius 2 is 1.50 bits per heavy atom. The van der Waals surface area contributed by atoms with Crippen LogP contribution in [0.3, 0.4) is 0 Å². The number of phenols is 1. The second kappa shape index (κ2) is 5.61. The van der Waals surface area contributed by atoms with Crippen LogP contribution in [0.1, 0.15) is 0 Å². The molecule has 0 aliphatic heterocycles. The Bertz CT molecular complexity index is 454. The van der Waals surface area contributed by atoms with Gasteiger partial charge in [0, 0.05) is 22.4 Å². The molecule has 0 fully saturated rings. The minimum Gasteiger partial charge on any atom is -0.508 e. The zero-order valence-corrected chi connectivity index (χ0v) is 9.71. The molecule has 1 N–H and O–H groups in total. The number of nitrogens with zero attached hydrogens (tertiary/aromatic N) is 1. The summed E-state index contributed by atoms with van der Waals surface area (Å²) in [7, 11) is 0. The summed E-state index contributed by atoms with van der Waals surface area (Å²) < 4.78 is 0. The second-order valence-electron chi connectivity index (χ2n) is 3.12. The number of ketones is 1. The molecule has 16 heavy (non-hydrogen) atoms. The Morgan fingerprint density at radius 1 is 0.938 bits per heavy atom. The van der Waals surface area contributed by atoms with Crippen molar-refractivity contribution in [1.29, 1.82) is 0 Å². The predicted octanol–water partition coefficient (Wildman–Crippen LogP) is 2.16. The molecule has 0 saturated carbocycles. The zero-order valence-electron chi connectivity index (χ0n) is 8.22. The van der Waals surface area contributed by atoms with Gasteiger partial charge in [0.2, 0.25) is 0 Å². The van der Waals surface area contributed by atoms with Crippen LogP contribution >= 0.6 is 0 Å². The zero-order chi connectivity index (χ0) is 10.7. The first kappa shape index (κ1) is 12.6. The summed E-state index contributed by atoms with van der Waals surface area (Å²) in [6, 6.07) is 6.56. The Labute approximate surface area is 109 Å². The van der Waals surface area contributed by atoms with Crippen LogP contribution in [0.4, 0.5) is 5.69 Å². The molecule has 0 aromatic heterocycles. The number of aliphatic imine (C=N–C) groups is 1. The van der Waals surface area contributed by atoms with Crippen molar-refractivity contribution in [2.45, 2.75) is 0 Å². The van der Waals surface area contributed by atoms with Gasteiger partial charge in [-0.2, -0.15) is 0 Å². The molecule has 4 heteroatoms. The van der Waals surface area contributed by atoms with E-state index in [0.29, 0.717) is 0 Å². The number of aromatic hydroxyl groups is 1. The second-order valence-corrected chi connectivity index (χ2v) is 3.12. The van der Waals surface area contributed by atoms with Gasteiger partial charge in [0.1, 0.15) is 5.75 Å². The van der Waals surface area contributed by atoms with Gasteiger partial charge in [0.05, 0.1) is 11.4 Å². The summed E-state index contributed by atoms with van der Waals surface area (Å²) in [4.78, 5) is 15.1. The molecule has 3 nitrogen and oxygen atoms in total. The van der Waals surface area contributed by atoms with Crippen LogP contribution < -0.4 is 0 Å². The standard InChI is InChI=1S/C12H9NO2.Ag/c14-11-5-1-9(2-6-11)13-10-3-7-12(15)8-4-10;/h1-8,14H;. The molecule has 2 rings (SSSR count). The van der Waals surface area contributed by atoms with Crippen LogP contribution in [0.15, 0.2) is 53.6 Å². The van der Waals surface area contributed by atoms with Crippen LogP contribution in [-0.4, -0.2) is 16.6 Å². The Hall–Kier alpha value is -1.42. The van der Waals surface area contributed by atoms with Crippen molar-refractivity contribution in [1.82, 2.24) is 0 Å². The van der Waals surface area contributed by atoms with E-state index in [1.54, 1.807) is 36.4 Å². The maximum Gasteiger partial charge on any atom is 0.178 e. The topological polar surface area (TPSA) is 49.7 Å². The average molecular weight is 307 g/mol. The van der Waals surface area contributed by atoms with Gasteiger partial charge in [-0.05, 0) is 48.6 Å². The van der Waals surface area contributed by atoms with Crippen molar-refractivity contribution >= 4 is 17.2 Å². The molecule has 0 spiro atoms. The molecule has 0 unspecified atom stereocenters. The molecule has 0 heterocycles. The minimum absolute atomic E-state index is 0. The number of hydrogen-bond donors (Lipinski definition) is 1. The van der Waals surface area contributed by atoms with E-state index < -0.39 is 0 Å². The van der Waals surface area contributed by atoms with Gasteiger partial charge < -0.3 is 5.11 Å². The minimum atomic E-state index is -0.0281. The number of carbonyl (C=O) groups excluding carboxylic acids is 1. The maximum atomic E-state index is 10.8. The van der Waals surface area contributed by atoms with E-state index in [9.17, 15) is 4.79 Å². The van der Waals surface area contributed by atoms with E-state index in [2.05, 4.69) is 4.99 Å². The van der Waals surface area contributed by atoms with Crippen LogP contribution in [0.5, 0.6) is 5.75 Å². The van der Waals surface area contributed by atoms with Crippen LogP contribution in [0.25, 0.3) is 0 Å². The SMILES string of the molecule is O=C1C=CC(=Nc2ccc(O)cc2)C=C1.[Ag]. The van der Waals surface area contributed by atoms with Crippen LogP contribution in [0, 0.1) is 0 Å². The van der Waals surface area contributed by atoms with Crippen molar-refractivity contribution in [3.63, 3.8) is 0 Å². The number of allylic oxidation sites excluding steroid dienone is 4. The molecule has 0 amide bonds. The normalized spacial score (nSPS) is 13.5. The van der Waals surface area contributed by atoms with Crippen molar-refractivity contribution in [3.05, 3.63) is 48.6 Å². The largest absolute Gasteiger partial charge is 0.508 e. The number of phenolic OH excluding ortho intramolecular Hbond substituents is 1. The first-order valence-corrected chi connectivity index (χ1v) is 4.52. The average Bonchev–Trinajstić information content (AvgIpc) is 2.25. The number of benzene rings is 1. The molecular formula is C12H9AgNO2. The van der Waals surface area contributed by atoms with Crippen molar-refractivity contribution in [3.8, 4) is 5.75 Å². The van der Waals surface area contributed by atoms with E-state index in [0.717, 1.165) is 11.4 Å². The third-order valence-electron chi connectivity index (χ3n) is 1.94. The molecule has 0 atom stereocenters. The van der Waals surface area contributed by atoms with Crippen LogP contribution in [0.2, 0.25) is 0 Å². The molecular weight excluding hydrogens is 298 g/mol. The molecule has 1 aromatic rings. The summed E-state index contributed by atoms with van der Waals surface area (Å²) in [5, 5.41) is 9.08. The first-order valence-electron chi connectivity index (χ1n) is 4.52. The molecule has 1 aliphatic carbocycles. The number of rotatable bonds is 1. The summed E-state index contributed by atoms with van der Waals surface area (Å²) >= 11 is 0. The monoisotopic (exact) mass is 306 g/mol. The molecule has 0 bridgehead atoms. The first-order chi connectivity index (χ1) is 7.24. The predicted molar refractivity (Wildman–Crippen MR) is 58.5 cm³/mol. The fourth-order valence-electron chi connectivity index (χ4n) is 1.20. The van der Waals surface area contributed by atoms with Gasteiger partial charge in [-0.1, -0.05) is 0 Å². The third kappa shape index (κ3) is 3.31. The number of carbonyl (C=O) groups is 1. The van der Waals surface area contributed by atoms with Gasteiger partial charge >= 0.3 is 0 Å².